The number of rotatable bonds is 4. The first-order valence-corrected chi connectivity index (χ1v) is 9.16. The van der Waals surface area contributed by atoms with Gasteiger partial charge in [0.15, 0.2) is 17.3 Å². The number of pyridine rings is 1. The third-order valence-electron chi connectivity index (χ3n) is 4.59. The Morgan fingerprint density at radius 3 is 2.68 bits per heavy atom. The average Bonchev–Trinajstić information content (AvgIpc) is 2.77. The monoisotopic (exact) mass is 370 g/mol. The summed E-state index contributed by atoms with van der Waals surface area (Å²) in [4.78, 5) is 13.6. The first kappa shape index (κ1) is 16.5. The molecule has 6 heteroatoms. The van der Waals surface area contributed by atoms with Crippen molar-refractivity contribution in [3.63, 3.8) is 0 Å². The highest BCUT2D eigenvalue weighted by Crippen LogP contribution is 2.31. The lowest BCUT2D eigenvalue weighted by Crippen LogP contribution is -2.15. The molecule has 0 aliphatic carbocycles. The van der Waals surface area contributed by atoms with Gasteiger partial charge in [-0.25, -0.2) is 9.97 Å². The quantitative estimate of drug-likeness (QED) is 0.584. The first-order valence-electron chi connectivity index (χ1n) is 9.16. The molecule has 0 spiro atoms. The van der Waals surface area contributed by atoms with Gasteiger partial charge in [0.05, 0.1) is 5.52 Å². The number of aromatic nitrogens is 3. The molecular formula is C22H18N4O2. The number of hydrogen-bond acceptors (Lipinski definition) is 6. The zero-order chi connectivity index (χ0) is 18.8. The summed E-state index contributed by atoms with van der Waals surface area (Å²) in [6.07, 6.45) is 3.51. The van der Waals surface area contributed by atoms with Crippen LogP contribution in [0.5, 0.6) is 11.5 Å². The fourth-order valence-corrected chi connectivity index (χ4v) is 3.22. The van der Waals surface area contributed by atoms with E-state index in [2.05, 4.69) is 10.3 Å². The molecule has 1 aliphatic heterocycles. The molecule has 1 aliphatic rings. The average molecular weight is 370 g/mol. The highest BCUT2D eigenvalue weighted by atomic mass is 16.6. The van der Waals surface area contributed by atoms with Crippen molar-refractivity contribution in [2.24, 2.45) is 0 Å². The molecule has 0 unspecified atom stereocenters. The predicted molar refractivity (Wildman–Crippen MR) is 108 cm³/mol. The molecule has 6 nitrogen and oxygen atoms in total. The van der Waals surface area contributed by atoms with Crippen LogP contribution in [0.1, 0.15) is 5.56 Å². The van der Waals surface area contributed by atoms with Gasteiger partial charge in [0.2, 0.25) is 0 Å². The minimum Gasteiger partial charge on any atom is -0.486 e. The van der Waals surface area contributed by atoms with E-state index < -0.39 is 0 Å². The molecule has 28 heavy (non-hydrogen) atoms. The number of hydrogen-bond donors (Lipinski definition) is 1. The fraction of sp³-hybridized carbons (Fsp3) is 0.136. The van der Waals surface area contributed by atoms with Crippen molar-refractivity contribution in [1.29, 1.82) is 0 Å². The van der Waals surface area contributed by atoms with Crippen molar-refractivity contribution in [1.82, 2.24) is 15.0 Å². The molecule has 2 aromatic heterocycles. The highest BCUT2D eigenvalue weighted by molar-refractivity contribution is 5.90. The number of nitrogens with one attached hydrogen (secondary N) is 1. The third-order valence-corrected chi connectivity index (χ3v) is 4.59. The van der Waals surface area contributed by atoms with E-state index in [1.54, 1.807) is 12.4 Å². The van der Waals surface area contributed by atoms with Crippen molar-refractivity contribution in [3.05, 3.63) is 72.6 Å². The molecule has 2 aromatic carbocycles. The van der Waals surface area contributed by atoms with Gasteiger partial charge in [-0.1, -0.05) is 18.2 Å². The smallest absolute Gasteiger partial charge is 0.163 e. The van der Waals surface area contributed by atoms with Gasteiger partial charge < -0.3 is 14.8 Å². The van der Waals surface area contributed by atoms with Crippen LogP contribution in [-0.4, -0.2) is 28.2 Å². The van der Waals surface area contributed by atoms with Gasteiger partial charge in [-0.15, -0.1) is 0 Å². The van der Waals surface area contributed by atoms with E-state index in [9.17, 15) is 0 Å². The van der Waals surface area contributed by atoms with Crippen molar-refractivity contribution >= 4 is 16.7 Å². The summed E-state index contributed by atoms with van der Waals surface area (Å²) >= 11 is 0. The van der Waals surface area contributed by atoms with Crippen LogP contribution < -0.4 is 14.8 Å². The van der Waals surface area contributed by atoms with Crippen LogP contribution in [-0.2, 0) is 6.54 Å². The van der Waals surface area contributed by atoms with Gasteiger partial charge >= 0.3 is 0 Å². The molecule has 5 rings (SSSR count). The Bertz CT molecular complexity index is 1130. The third kappa shape index (κ3) is 3.20. The van der Waals surface area contributed by atoms with Gasteiger partial charge in [0.25, 0.3) is 0 Å². The fourth-order valence-electron chi connectivity index (χ4n) is 3.22. The van der Waals surface area contributed by atoms with Gasteiger partial charge in [-0.2, -0.15) is 0 Å². The largest absolute Gasteiger partial charge is 0.486 e. The predicted octanol–water partition coefficient (Wildman–Crippen LogP) is 4.08. The molecular weight excluding hydrogens is 352 g/mol. The SMILES string of the molecule is c1cncc(-c2nc(NCc3ccc4c(c3)OCCO4)c3ccccc3n2)c1. The van der Waals surface area contributed by atoms with E-state index in [4.69, 9.17) is 19.4 Å². The van der Waals surface area contributed by atoms with Gasteiger partial charge in [-0.05, 0) is 42.0 Å². The standard InChI is InChI=1S/C22H18N4O2/c1-2-6-18-17(5-1)22(26-21(25-18)16-4-3-9-23-14-16)24-13-15-7-8-19-20(12-15)28-11-10-27-19/h1-9,12,14H,10-11,13H2,(H,24,25,26). The molecule has 138 valence electrons. The van der Waals surface area contributed by atoms with E-state index in [0.717, 1.165) is 39.3 Å². The Balaban J connectivity index is 1.48. The molecule has 0 saturated carbocycles. The number of para-hydroxylation sites is 1. The molecule has 0 radical (unpaired) electrons. The molecule has 4 aromatic rings. The van der Waals surface area contributed by atoms with Crippen LogP contribution in [0.4, 0.5) is 5.82 Å². The van der Waals surface area contributed by atoms with E-state index in [0.29, 0.717) is 25.6 Å². The number of ether oxygens (including phenoxy) is 2. The van der Waals surface area contributed by atoms with Crippen molar-refractivity contribution in [3.8, 4) is 22.9 Å². The summed E-state index contributed by atoms with van der Waals surface area (Å²) in [6.45, 7) is 1.79. The Morgan fingerprint density at radius 1 is 0.893 bits per heavy atom. The highest BCUT2D eigenvalue weighted by Gasteiger charge is 2.13. The summed E-state index contributed by atoms with van der Waals surface area (Å²) < 4.78 is 11.3. The molecule has 1 N–H and O–H groups in total. The normalized spacial score (nSPS) is 12.7. The molecule has 3 heterocycles. The topological polar surface area (TPSA) is 69.2 Å². The van der Waals surface area contributed by atoms with Crippen molar-refractivity contribution < 1.29 is 9.47 Å². The van der Waals surface area contributed by atoms with Crippen LogP contribution in [0, 0.1) is 0 Å². The van der Waals surface area contributed by atoms with Crippen LogP contribution >= 0.6 is 0 Å². The van der Waals surface area contributed by atoms with E-state index in [1.807, 2.05) is 54.6 Å². The zero-order valence-corrected chi connectivity index (χ0v) is 15.1. The van der Waals surface area contributed by atoms with Gasteiger partial charge in [-0.3, -0.25) is 4.98 Å². The Hall–Kier alpha value is -3.67. The van der Waals surface area contributed by atoms with E-state index in [1.165, 1.54) is 0 Å². The van der Waals surface area contributed by atoms with E-state index in [-0.39, 0.29) is 0 Å². The summed E-state index contributed by atoms with van der Waals surface area (Å²) in [5.74, 6) is 3.02. The Labute approximate surface area is 162 Å². The van der Waals surface area contributed by atoms with Crippen molar-refractivity contribution in [2.45, 2.75) is 6.54 Å². The molecule has 0 atom stereocenters. The van der Waals surface area contributed by atoms with Crippen LogP contribution in [0.2, 0.25) is 0 Å². The second kappa shape index (κ2) is 7.15. The minimum atomic E-state index is 0.578. The maximum Gasteiger partial charge on any atom is 0.163 e. The van der Waals surface area contributed by atoms with Crippen LogP contribution in [0.15, 0.2) is 67.0 Å². The lowest BCUT2D eigenvalue weighted by Gasteiger charge is -2.19. The Kier molecular flexibility index (Phi) is 4.21. The van der Waals surface area contributed by atoms with E-state index >= 15 is 0 Å². The molecule has 0 bridgehead atoms. The van der Waals surface area contributed by atoms with Crippen LogP contribution in [0.3, 0.4) is 0 Å². The summed E-state index contributed by atoms with van der Waals surface area (Å²) in [7, 11) is 0. The number of fused-ring (bicyclic) bond motifs is 2. The van der Waals surface area contributed by atoms with Crippen LogP contribution in [0.25, 0.3) is 22.3 Å². The summed E-state index contributed by atoms with van der Waals surface area (Å²) in [5, 5.41) is 4.43. The lowest BCUT2D eigenvalue weighted by atomic mass is 10.1. The maximum absolute atomic E-state index is 5.68. The maximum atomic E-state index is 5.68. The summed E-state index contributed by atoms with van der Waals surface area (Å²) in [6, 6.07) is 17.8. The second-order valence-corrected chi connectivity index (χ2v) is 6.49. The minimum absolute atomic E-state index is 0.578. The molecule has 0 saturated heterocycles. The number of anilines is 1. The Morgan fingerprint density at radius 2 is 1.79 bits per heavy atom. The lowest BCUT2D eigenvalue weighted by molar-refractivity contribution is 0.171. The first-order chi connectivity index (χ1) is 13.9. The molecule has 0 amide bonds. The number of benzene rings is 2. The summed E-state index contributed by atoms with van der Waals surface area (Å²) in [5.41, 5.74) is 2.87. The zero-order valence-electron chi connectivity index (χ0n) is 15.1. The van der Waals surface area contributed by atoms with Gasteiger partial charge in [0, 0.05) is 29.9 Å². The number of nitrogens with zero attached hydrogens (tertiary/aromatic N) is 3. The second-order valence-electron chi connectivity index (χ2n) is 6.49. The van der Waals surface area contributed by atoms with Crippen molar-refractivity contribution in [2.75, 3.05) is 18.5 Å². The molecule has 0 fully saturated rings. The van der Waals surface area contributed by atoms with Gasteiger partial charge in [0.1, 0.15) is 19.0 Å².